The summed E-state index contributed by atoms with van der Waals surface area (Å²) < 4.78 is 33.3. The zero-order chi connectivity index (χ0) is 23.1. The van der Waals surface area contributed by atoms with Gasteiger partial charge in [0.1, 0.15) is 0 Å². The molecular weight excluding hydrogens is 424 g/mol. The lowest BCUT2D eigenvalue weighted by atomic mass is 10.1. The van der Waals surface area contributed by atoms with E-state index in [0.29, 0.717) is 31.0 Å². The molecule has 1 amide bonds. The van der Waals surface area contributed by atoms with Crippen molar-refractivity contribution in [2.45, 2.75) is 38.8 Å². The smallest absolute Gasteiger partial charge is 0.261 e. The van der Waals surface area contributed by atoms with E-state index in [1.807, 2.05) is 45.0 Å². The summed E-state index contributed by atoms with van der Waals surface area (Å²) in [5.41, 5.74) is 4.80. The molecule has 0 fully saturated rings. The van der Waals surface area contributed by atoms with Crippen LogP contribution in [0.1, 0.15) is 39.5 Å². The van der Waals surface area contributed by atoms with Crippen LogP contribution in [0.2, 0.25) is 0 Å². The molecule has 3 rings (SSSR count). The van der Waals surface area contributed by atoms with Crippen molar-refractivity contribution in [3.8, 4) is 0 Å². The summed E-state index contributed by atoms with van der Waals surface area (Å²) in [6.45, 7) is 7.24. The topological polar surface area (TPSA) is 84.5 Å². The van der Waals surface area contributed by atoms with E-state index in [0.717, 1.165) is 22.3 Å². The molecule has 0 saturated heterocycles. The highest BCUT2D eigenvalue weighted by atomic mass is 32.2. The first-order valence-corrected chi connectivity index (χ1v) is 11.9. The van der Waals surface area contributed by atoms with Crippen LogP contribution < -0.4 is 10.0 Å². The van der Waals surface area contributed by atoms with Gasteiger partial charge in [0.15, 0.2) is 0 Å². The third kappa shape index (κ3) is 5.96. The van der Waals surface area contributed by atoms with Gasteiger partial charge in [-0.3, -0.25) is 9.52 Å². The molecule has 0 aliphatic rings. The minimum absolute atomic E-state index is 0.202. The SMILES string of the molecule is CCOCc1ccccc1CNC(=O)c1ccc(NS(=O)(=O)c2ccc(C)c(C)c2)cc1. The Hall–Kier alpha value is -3.16. The summed E-state index contributed by atoms with van der Waals surface area (Å²) in [6.07, 6.45) is 0. The number of hydrogen-bond acceptors (Lipinski definition) is 4. The van der Waals surface area contributed by atoms with E-state index in [9.17, 15) is 13.2 Å². The van der Waals surface area contributed by atoms with E-state index in [1.165, 1.54) is 0 Å². The van der Waals surface area contributed by atoms with Crippen molar-refractivity contribution in [1.82, 2.24) is 5.32 Å². The number of nitrogens with one attached hydrogen (secondary N) is 2. The fourth-order valence-electron chi connectivity index (χ4n) is 3.15. The van der Waals surface area contributed by atoms with Crippen LogP contribution in [0.25, 0.3) is 0 Å². The molecular formula is C25H28N2O4S. The first-order valence-electron chi connectivity index (χ1n) is 10.4. The number of benzene rings is 3. The maximum Gasteiger partial charge on any atom is 0.261 e. The van der Waals surface area contributed by atoms with Gasteiger partial charge in [0.25, 0.3) is 15.9 Å². The van der Waals surface area contributed by atoms with Crippen LogP contribution in [-0.2, 0) is 27.9 Å². The molecule has 0 spiro atoms. The summed E-state index contributed by atoms with van der Waals surface area (Å²) in [5, 5.41) is 2.90. The van der Waals surface area contributed by atoms with Crippen LogP contribution in [-0.4, -0.2) is 20.9 Å². The van der Waals surface area contributed by atoms with Crippen LogP contribution in [0, 0.1) is 13.8 Å². The number of carbonyl (C=O) groups excluding carboxylic acids is 1. The van der Waals surface area contributed by atoms with Crippen LogP contribution >= 0.6 is 0 Å². The zero-order valence-electron chi connectivity index (χ0n) is 18.5. The Labute approximate surface area is 189 Å². The van der Waals surface area contributed by atoms with Crippen molar-refractivity contribution >= 4 is 21.6 Å². The summed E-state index contributed by atoms with van der Waals surface area (Å²) >= 11 is 0. The molecule has 0 aliphatic carbocycles. The minimum Gasteiger partial charge on any atom is -0.377 e. The van der Waals surface area contributed by atoms with Gasteiger partial charge < -0.3 is 10.1 Å². The quantitative estimate of drug-likeness (QED) is 0.498. The molecule has 0 bridgehead atoms. The van der Waals surface area contributed by atoms with Crippen molar-refractivity contribution in [2.24, 2.45) is 0 Å². The second-order valence-electron chi connectivity index (χ2n) is 7.52. The Morgan fingerprint density at radius 3 is 2.25 bits per heavy atom. The zero-order valence-corrected chi connectivity index (χ0v) is 19.3. The lowest BCUT2D eigenvalue weighted by molar-refractivity contribution is 0.0950. The van der Waals surface area contributed by atoms with Gasteiger partial charge in [-0.15, -0.1) is 0 Å². The van der Waals surface area contributed by atoms with Crippen molar-refractivity contribution in [3.63, 3.8) is 0 Å². The maximum atomic E-state index is 12.6. The third-order valence-corrected chi connectivity index (χ3v) is 6.59. The van der Waals surface area contributed by atoms with Crippen LogP contribution in [0.15, 0.2) is 71.6 Å². The monoisotopic (exact) mass is 452 g/mol. The predicted octanol–water partition coefficient (Wildman–Crippen LogP) is 4.57. The van der Waals surface area contributed by atoms with E-state index in [2.05, 4.69) is 10.0 Å². The van der Waals surface area contributed by atoms with Crippen LogP contribution in [0.4, 0.5) is 5.69 Å². The lowest BCUT2D eigenvalue weighted by Gasteiger charge is -2.12. The number of anilines is 1. The molecule has 3 aromatic rings. The fourth-order valence-corrected chi connectivity index (χ4v) is 4.29. The minimum atomic E-state index is -3.71. The molecule has 6 nitrogen and oxygen atoms in total. The largest absolute Gasteiger partial charge is 0.377 e. The summed E-state index contributed by atoms with van der Waals surface area (Å²) in [7, 11) is -3.71. The highest BCUT2D eigenvalue weighted by Gasteiger charge is 2.15. The van der Waals surface area contributed by atoms with E-state index in [-0.39, 0.29) is 10.8 Å². The van der Waals surface area contributed by atoms with Crippen LogP contribution in [0.3, 0.4) is 0 Å². The fraction of sp³-hybridized carbons (Fsp3) is 0.240. The lowest BCUT2D eigenvalue weighted by Crippen LogP contribution is -2.23. The molecule has 0 radical (unpaired) electrons. The molecule has 0 unspecified atom stereocenters. The molecule has 3 aromatic carbocycles. The van der Waals surface area contributed by atoms with Gasteiger partial charge >= 0.3 is 0 Å². The highest BCUT2D eigenvalue weighted by Crippen LogP contribution is 2.19. The first-order chi connectivity index (χ1) is 15.3. The van der Waals surface area contributed by atoms with Crippen LogP contribution in [0.5, 0.6) is 0 Å². The maximum absolute atomic E-state index is 12.6. The van der Waals surface area contributed by atoms with Gasteiger partial charge in [-0.25, -0.2) is 8.42 Å². The molecule has 0 atom stereocenters. The molecule has 2 N–H and O–H groups in total. The van der Waals surface area contributed by atoms with Gasteiger partial charge in [-0.05, 0) is 79.4 Å². The Balaban J connectivity index is 1.64. The van der Waals surface area contributed by atoms with Crippen molar-refractivity contribution in [1.29, 1.82) is 0 Å². The van der Waals surface area contributed by atoms with Gasteiger partial charge in [0.05, 0.1) is 11.5 Å². The van der Waals surface area contributed by atoms with E-state index >= 15 is 0 Å². The molecule has 7 heteroatoms. The second-order valence-corrected chi connectivity index (χ2v) is 9.20. The van der Waals surface area contributed by atoms with E-state index in [4.69, 9.17) is 4.74 Å². The molecule has 32 heavy (non-hydrogen) atoms. The second kappa shape index (κ2) is 10.4. The summed E-state index contributed by atoms with van der Waals surface area (Å²) in [4.78, 5) is 12.8. The highest BCUT2D eigenvalue weighted by molar-refractivity contribution is 7.92. The van der Waals surface area contributed by atoms with E-state index in [1.54, 1.807) is 42.5 Å². The third-order valence-electron chi connectivity index (χ3n) is 5.21. The molecule has 0 aliphatic heterocycles. The summed E-state index contributed by atoms with van der Waals surface area (Å²) in [6, 6.07) is 19.2. The van der Waals surface area contributed by atoms with Gasteiger partial charge in [-0.1, -0.05) is 30.3 Å². The van der Waals surface area contributed by atoms with Gasteiger partial charge in [0, 0.05) is 24.4 Å². The average molecular weight is 453 g/mol. The first kappa shape index (κ1) is 23.5. The standard InChI is InChI=1S/C25H28N2O4S/c1-4-31-17-22-8-6-5-7-21(22)16-26-25(28)20-10-12-23(13-11-20)27-32(29,30)24-14-9-18(2)19(3)15-24/h5-15,27H,4,16-17H2,1-3H3,(H,26,28). The van der Waals surface area contributed by atoms with Gasteiger partial charge in [-0.2, -0.15) is 0 Å². The Bertz CT molecular complexity index is 1190. The number of carbonyl (C=O) groups is 1. The number of amides is 1. The number of sulfonamides is 1. The number of ether oxygens (including phenoxy) is 1. The van der Waals surface area contributed by atoms with Crippen molar-refractivity contribution < 1.29 is 17.9 Å². The molecule has 0 aromatic heterocycles. The van der Waals surface area contributed by atoms with Crippen molar-refractivity contribution in [2.75, 3.05) is 11.3 Å². The Morgan fingerprint density at radius 1 is 0.906 bits per heavy atom. The molecule has 0 heterocycles. The van der Waals surface area contributed by atoms with Gasteiger partial charge in [0.2, 0.25) is 0 Å². The average Bonchev–Trinajstić information content (AvgIpc) is 2.78. The Kier molecular flexibility index (Phi) is 7.66. The summed E-state index contributed by atoms with van der Waals surface area (Å²) in [5.74, 6) is -0.236. The predicted molar refractivity (Wildman–Crippen MR) is 126 cm³/mol. The Morgan fingerprint density at radius 2 is 1.59 bits per heavy atom. The number of rotatable bonds is 9. The van der Waals surface area contributed by atoms with E-state index < -0.39 is 10.0 Å². The van der Waals surface area contributed by atoms with Crippen molar-refractivity contribution in [3.05, 3.63) is 94.5 Å². The number of aryl methyl sites for hydroxylation is 2. The number of hydrogen-bond donors (Lipinski definition) is 2. The normalized spacial score (nSPS) is 11.2. The molecule has 0 saturated carbocycles. The molecule has 168 valence electrons.